The Balaban J connectivity index is 1.45. The van der Waals surface area contributed by atoms with Gasteiger partial charge in [0.1, 0.15) is 10.0 Å². The molecule has 0 saturated carbocycles. The number of carbonyl (C=O) groups excluding carboxylic acids is 1. The SMILES string of the molecule is O=C(CN1CCN(S(=O)(=O)c2cccs2)CC1)NCc1ccc(F)cc1. The summed E-state index contributed by atoms with van der Waals surface area (Å²) in [6.45, 7) is 2.31. The molecule has 0 unspecified atom stereocenters. The fraction of sp³-hybridized carbons (Fsp3) is 0.353. The van der Waals surface area contributed by atoms with Crippen LogP contribution in [0.1, 0.15) is 5.56 Å². The van der Waals surface area contributed by atoms with E-state index >= 15 is 0 Å². The van der Waals surface area contributed by atoms with Crippen LogP contribution >= 0.6 is 11.3 Å². The number of piperazine rings is 1. The maximum Gasteiger partial charge on any atom is 0.252 e. The minimum Gasteiger partial charge on any atom is -0.351 e. The summed E-state index contributed by atoms with van der Waals surface area (Å²) in [7, 11) is -3.43. The lowest BCUT2D eigenvalue weighted by atomic mass is 10.2. The van der Waals surface area contributed by atoms with Crippen LogP contribution in [0.4, 0.5) is 4.39 Å². The predicted molar refractivity (Wildman–Crippen MR) is 97.8 cm³/mol. The zero-order valence-corrected chi connectivity index (χ0v) is 15.7. The van der Waals surface area contributed by atoms with Crippen molar-refractivity contribution in [3.8, 4) is 0 Å². The van der Waals surface area contributed by atoms with E-state index in [1.807, 2.05) is 4.90 Å². The van der Waals surface area contributed by atoms with Crippen molar-refractivity contribution in [1.82, 2.24) is 14.5 Å². The largest absolute Gasteiger partial charge is 0.351 e. The van der Waals surface area contributed by atoms with Gasteiger partial charge in [-0.1, -0.05) is 18.2 Å². The molecule has 0 atom stereocenters. The molecule has 6 nitrogen and oxygen atoms in total. The Morgan fingerprint density at radius 1 is 1.12 bits per heavy atom. The summed E-state index contributed by atoms with van der Waals surface area (Å²) in [5.74, 6) is -0.445. The second kappa shape index (κ2) is 8.26. The minimum atomic E-state index is -3.43. The number of thiophene rings is 1. The molecule has 26 heavy (non-hydrogen) atoms. The first-order valence-corrected chi connectivity index (χ1v) is 10.5. The third-order valence-electron chi connectivity index (χ3n) is 4.19. The first-order chi connectivity index (χ1) is 12.4. The number of carbonyl (C=O) groups is 1. The molecule has 0 radical (unpaired) electrons. The first-order valence-electron chi connectivity index (χ1n) is 8.22. The van der Waals surface area contributed by atoms with Gasteiger partial charge in [-0.05, 0) is 29.1 Å². The van der Waals surface area contributed by atoms with Crippen LogP contribution < -0.4 is 5.32 Å². The van der Waals surface area contributed by atoms with Crippen LogP contribution in [0.15, 0.2) is 46.0 Å². The molecule has 1 aromatic carbocycles. The second-order valence-corrected chi connectivity index (χ2v) is 9.13. The molecule has 9 heteroatoms. The van der Waals surface area contributed by atoms with Crippen molar-refractivity contribution in [2.75, 3.05) is 32.7 Å². The molecule has 1 N–H and O–H groups in total. The van der Waals surface area contributed by atoms with Gasteiger partial charge in [0.15, 0.2) is 0 Å². The molecule has 3 rings (SSSR count). The van der Waals surface area contributed by atoms with Crippen LogP contribution in [0.2, 0.25) is 0 Å². The van der Waals surface area contributed by atoms with Gasteiger partial charge in [0, 0.05) is 32.7 Å². The van der Waals surface area contributed by atoms with Crippen LogP contribution in [0.5, 0.6) is 0 Å². The molecule has 1 fully saturated rings. The van der Waals surface area contributed by atoms with Crippen molar-refractivity contribution >= 4 is 27.3 Å². The molecule has 0 bridgehead atoms. The van der Waals surface area contributed by atoms with Gasteiger partial charge in [-0.25, -0.2) is 12.8 Å². The maximum absolute atomic E-state index is 12.9. The normalized spacial score (nSPS) is 16.5. The summed E-state index contributed by atoms with van der Waals surface area (Å²) in [5, 5.41) is 4.54. The Morgan fingerprint density at radius 2 is 1.81 bits per heavy atom. The van der Waals surface area contributed by atoms with Gasteiger partial charge in [0.2, 0.25) is 5.91 Å². The van der Waals surface area contributed by atoms with Crippen LogP contribution in [0.3, 0.4) is 0 Å². The Kier molecular flexibility index (Phi) is 6.02. The number of nitrogens with one attached hydrogen (secondary N) is 1. The summed E-state index contributed by atoms with van der Waals surface area (Å²) in [4.78, 5) is 14.0. The van der Waals surface area contributed by atoms with Crippen LogP contribution in [-0.4, -0.2) is 56.3 Å². The highest BCUT2D eigenvalue weighted by Crippen LogP contribution is 2.21. The lowest BCUT2D eigenvalue weighted by Crippen LogP contribution is -2.50. The van der Waals surface area contributed by atoms with Gasteiger partial charge < -0.3 is 5.32 Å². The second-order valence-electron chi connectivity index (χ2n) is 6.02. The summed E-state index contributed by atoms with van der Waals surface area (Å²) in [6.07, 6.45) is 0. The summed E-state index contributed by atoms with van der Waals surface area (Å²) in [5.41, 5.74) is 0.826. The average molecular weight is 397 g/mol. The van der Waals surface area contributed by atoms with Gasteiger partial charge in [0.05, 0.1) is 6.54 Å². The zero-order chi connectivity index (χ0) is 18.6. The predicted octanol–water partition coefficient (Wildman–Crippen LogP) is 1.51. The number of sulfonamides is 1. The number of halogens is 1. The molecule has 2 aromatic rings. The molecule has 1 amide bonds. The Bertz CT molecular complexity index is 831. The quantitative estimate of drug-likeness (QED) is 0.802. The summed E-state index contributed by atoms with van der Waals surface area (Å²) in [6, 6.07) is 9.30. The molecular formula is C17H20FN3O3S2. The van der Waals surface area contributed by atoms with E-state index in [9.17, 15) is 17.6 Å². The van der Waals surface area contributed by atoms with Gasteiger partial charge in [-0.2, -0.15) is 4.31 Å². The summed E-state index contributed by atoms with van der Waals surface area (Å²) >= 11 is 1.21. The standard InChI is InChI=1S/C17H20FN3O3S2/c18-15-5-3-14(4-6-15)12-19-16(22)13-20-7-9-21(10-8-20)26(23,24)17-2-1-11-25-17/h1-6,11H,7-10,12-13H2,(H,19,22). The van der Waals surface area contributed by atoms with Crippen molar-refractivity contribution < 1.29 is 17.6 Å². The van der Waals surface area contributed by atoms with E-state index in [2.05, 4.69) is 5.32 Å². The van der Waals surface area contributed by atoms with E-state index in [0.29, 0.717) is 36.9 Å². The van der Waals surface area contributed by atoms with E-state index in [4.69, 9.17) is 0 Å². The Labute approximate surface area is 156 Å². The summed E-state index contributed by atoms with van der Waals surface area (Å²) < 4.78 is 39.6. The van der Waals surface area contributed by atoms with Gasteiger partial charge in [-0.3, -0.25) is 9.69 Å². The molecule has 1 aromatic heterocycles. The molecular weight excluding hydrogens is 377 g/mol. The fourth-order valence-electron chi connectivity index (χ4n) is 2.73. The molecule has 0 spiro atoms. The highest BCUT2D eigenvalue weighted by Gasteiger charge is 2.29. The average Bonchev–Trinajstić information content (AvgIpc) is 3.17. The minimum absolute atomic E-state index is 0.135. The number of hydrogen-bond donors (Lipinski definition) is 1. The number of nitrogens with zero attached hydrogens (tertiary/aromatic N) is 2. The first kappa shape index (κ1) is 19.0. The lowest BCUT2D eigenvalue weighted by molar-refractivity contribution is -0.122. The van der Waals surface area contributed by atoms with Crippen molar-refractivity contribution in [2.45, 2.75) is 10.8 Å². The zero-order valence-electron chi connectivity index (χ0n) is 14.1. The fourth-order valence-corrected chi connectivity index (χ4v) is 5.29. The third-order valence-corrected chi connectivity index (χ3v) is 7.46. The number of rotatable bonds is 6. The van der Waals surface area contributed by atoms with Crippen molar-refractivity contribution in [1.29, 1.82) is 0 Å². The van der Waals surface area contributed by atoms with E-state index in [1.54, 1.807) is 29.6 Å². The molecule has 2 heterocycles. The van der Waals surface area contributed by atoms with Crippen molar-refractivity contribution in [3.63, 3.8) is 0 Å². The van der Waals surface area contributed by atoms with E-state index in [0.717, 1.165) is 5.56 Å². The number of hydrogen-bond acceptors (Lipinski definition) is 5. The van der Waals surface area contributed by atoms with Crippen LogP contribution in [0, 0.1) is 5.82 Å². The van der Waals surface area contributed by atoms with E-state index in [1.165, 1.54) is 27.8 Å². The van der Waals surface area contributed by atoms with Crippen LogP contribution in [-0.2, 0) is 21.4 Å². The van der Waals surface area contributed by atoms with Gasteiger partial charge in [-0.15, -0.1) is 11.3 Å². The molecule has 1 saturated heterocycles. The monoisotopic (exact) mass is 397 g/mol. The maximum atomic E-state index is 12.9. The number of benzene rings is 1. The highest BCUT2D eigenvalue weighted by atomic mass is 32.2. The Morgan fingerprint density at radius 3 is 2.42 bits per heavy atom. The van der Waals surface area contributed by atoms with E-state index < -0.39 is 10.0 Å². The van der Waals surface area contributed by atoms with Crippen molar-refractivity contribution in [2.24, 2.45) is 0 Å². The van der Waals surface area contributed by atoms with Gasteiger partial charge >= 0.3 is 0 Å². The van der Waals surface area contributed by atoms with Crippen LogP contribution in [0.25, 0.3) is 0 Å². The Hall–Kier alpha value is -1.81. The smallest absolute Gasteiger partial charge is 0.252 e. The molecule has 0 aliphatic carbocycles. The molecule has 1 aliphatic heterocycles. The topological polar surface area (TPSA) is 69.7 Å². The third kappa shape index (κ3) is 4.67. The molecule has 1 aliphatic rings. The highest BCUT2D eigenvalue weighted by molar-refractivity contribution is 7.91. The lowest BCUT2D eigenvalue weighted by Gasteiger charge is -2.33. The van der Waals surface area contributed by atoms with Gasteiger partial charge in [0.25, 0.3) is 10.0 Å². The molecule has 140 valence electrons. The van der Waals surface area contributed by atoms with E-state index in [-0.39, 0.29) is 18.3 Å². The number of amides is 1. The van der Waals surface area contributed by atoms with Crippen molar-refractivity contribution in [3.05, 3.63) is 53.2 Å².